The minimum Gasteiger partial charge on any atom is -0.394 e. The van der Waals surface area contributed by atoms with Crippen molar-refractivity contribution in [1.82, 2.24) is 0 Å². The van der Waals surface area contributed by atoms with Gasteiger partial charge < -0.3 is 21.7 Å². The van der Waals surface area contributed by atoms with Gasteiger partial charge in [-0.3, -0.25) is 0 Å². The van der Waals surface area contributed by atoms with Crippen molar-refractivity contribution in [2.75, 3.05) is 6.61 Å². The first-order valence-corrected chi connectivity index (χ1v) is 6.36. The third-order valence-electron chi connectivity index (χ3n) is 3.24. The van der Waals surface area contributed by atoms with Crippen molar-refractivity contribution in [2.45, 2.75) is 24.6 Å². The maximum Gasteiger partial charge on any atom is 0.0867 e. The van der Waals surface area contributed by atoms with E-state index in [0.717, 1.165) is 16.7 Å². The molecule has 0 bridgehead atoms. The van der Waals surface area contributed by atoms with Gasteiger partial charge in [0, 0.05) is 12.8 Å². The monoisotopic (exact) mass is 260 g/mol. The van der Waals surface area contributed by atoms with Gasteiger partial charge in [0.25, 0.3) is 0 Å². The number of hydrogen-bond donors (Lipinski definition) is 4. The molecule has 0 fully saturated rings. The van der Waals surface area contributed by atoms with Gasteiger partial charge in [-0.25, -0.2) is 0 Å². The number of rotatable bonds is 4. The molecule has 0 amide bonds. The number of aliphatic hydroxyl groups is 2. The molecule has 0 aromatic heterocycles. The first kappa shape index (κ1) is 14.0. The summed E-state index contributed by atoms with van der Waals surface area (Å²) in [5.41, 5.74) is 14.0. The molecular formula is C15H20N2O2. The second kappa shape index (κ2) is 5.67. The van der Waals surface area contributed by atoms with E-state index in [1.807, 2.05) is 36.4 Å². The van der Waals surface area contributed by atoms with E-state index in [2.05, 4.69) is 0 Å². The molecule has 0 saturated carbocycles. The van der Waals surface area contributed by atoms with Crippen LogP contribution in [0.15, 0.2) is 42.5 Å². The van der Waals surface area contributed by atoms with Crippen LogP contribution in [-0.4, -0.2) is 28.6 Å². The smallest absolute Gasteiger partial charge is 0.0867 e. The molecule has 4 nitrogen and oxygen atoms in total. The van der Waals surface area contributed by atoms with Crippen LogP contribution in [0.1, 0.15) is 17.5 Å². The molecule has 0 radical (unpaired) electrons. The van der Waals surface area contributed by atoms with Gasteiger partial charge in [0.1, 0.15) is 0 Å². The summed E-state index contributed by atoms with van der Waals surface area (Å²) >= 11 is 0. The summed E-state index contributed by atoms with van der Waals surface area (Å²) < 4.78 is 0. The molecule has 0 heterocycles. The van der Waals surface area contributed by atoms with Crippen LogP contribution < -0.4 is 11.5 Å². The quantitative estimate of drug-likeness (QED) is 0.594. The number of aliphatic hydroxyl groups excluding tert-OH is 2. The SMILES string of the molecule is NC1(N)C=CC(c2ccccc2CC(O)CO)=CC1. The Morgan fingerprint density at radius 1 is 1.26 bits per heavy atom. The molecule has 1 aliphatic carbocycles. The van der Waals surface area contributed by atoms with Crippen molar-refractivity contribution in [1.29, 1.82) is 0 Å². The topological polar surface area (TPSA) is 92.5 Å². The molecule has 4 heteroatoms. The molecule has 6 N–H and O–H groups in total. The maximum atomic E-state index is 9.59. The number of nitrogens with two attached hydrogens (primary N) is 2. The third kappa shape index (κ3) is 3.52. The lowest BCUT2D eigenvalue weighted by Gasteiger charge is -2.23. The van der Waals surface area contributed by atoms with Gasteiger partial charge in [0.2, 0.25) is 0 Å². The summed E-state index contributed by atoms with van der Waals surface area (Å²) in [6.45, 7) is -0.238. The summed E-state index contributed by atoms with van der Waals surface area (Å²) in [4.78, 5) is 0. The average molecular weight is 260 g/mol. The number of benzene rings is 1. The van der Waals surface area contributed by atoms with Crippen LogP contribution in [0.25, 0.3) is 5.57 Å². The molecule has 1 atom stereocenters. The van der Waals surface area contributed by atoms with E-state index in [-0.39, 0.29) is 6.61 Å². The van der Waals surface area contributed by atoms with Crippen LogP contribution in [0.4, 0.5) is 0 Å². The summed E-state index contributed by atoms with van der Waals surface area (Å²) in [6.07, 6.45) is 5.97. The molecule has 1 aliphatic rings. The molecule has 2 rings (SSSR count). The second-order valence-corrected chi connectivity index (χ2v) is 5.01. The minimum atomic E-state index is -0.775. The molecule has 1 unspecified atom stereocenters. The Labute approximate surface area is 113 Å². The first-order valence-electron chi connectivity index (χ1n) is 6.36. The fourth-order valence-electron chi connectivity index (χ4n) is 2.17. The largest absolute Gasteiger partial charge is 0.394 e. The maximum absolute atomic E-state index is 9.59. The third-order valence-corrected chi connectivity index (χ3v) is 3.24. The molecule has 1 aromatic carbocycles. The standard InChI is InChI=1S/C15H20N2O2/c16-15(17)7-5-11(6-8-15)14-4-2-1-3-12(14)9-13(19)10-18/h1-7,13,18-19H,8-10,16-17H2. The van der Waals surface area contributed by atoms with E-state index in [1.165, 1.54) is 0 Å². The van der Waals surface area contributed by atoms with Gasteiger partial charge >= 0.3 is 0 Å². The minimum absolute atomic E-state index is 0.238. The van der Waals surface area contributed by atoms with E-state index in [1.54, 1.807) is 6.08 Å². The van der Waals surface area contributed by atoms with Gasteiger partial charge in [-0.15, -0.1) is 0 Å². The molecular weight excluding hydrogens is 240 g/mol. The van der Waals surface area contributed by atoms with Crippen LogP contribution in [0.2, 0.25) is 0 Å². The predicted molar refractivity (Wildman–Crippen MR) is 76.1 cm³/mol. The van der Waals surface area contributed by atoms with Crippen molar-refractivity contribution >= 4 is 5.57 Å². The summed E-state index contributed by atoms with van der Waals surface area (Å²) in [7, 11) is 0. The fourth-order valence-corrected chi connectivity index (χ4v) is 2.17. The van der Waals surface area contributed by atoms with E-state index >= 15 is 0 Å². The molecule has 0 saturated heterocycles. The predicted octanol–water partition coefficient (Wildman–Crippen LogP) is 0.539. The zero-order valence-corrected chi connectivity index (χ0v) is 10.8. The fraction of sp³-hybridized carbons (Fsp3) is 0.333. The number of hydrogen-bond acceptors (Lipinski definition) is 4. The Bertz CT molecular complexity index is 507. The lowest BCUT2D eigenvalue weighted by Crippen LogP contribution is -2.47. The van der Waals surface area contributed by atoms with Crippen molar-refractivity contribution < 1.29 is 10.2 Å². The van der Waals surface area contributed by atoms with Crippen molar-refractivity contribution in [3.63, 3.8) is 0 Å². The van der Waals surface area contributed by atoms with E-state index in [4.69, 9.17) is 16.6 Å². The van der Waals surface area contributed by atoms with Gasteiger partial charge in [0.15, 0.2) is 0 Å². The zero-order chi connectivity index (χ0) is 13.9. The van der Waals surface area contributed by atoms with Crippen LogP contribution in [-0.2, 0) is 6.42 Å². The van der Waals surface area contributed by atoms with E-state index in [9.17, 15) is 5.11 Å². The lowest BCUT2D eigenvalue weighted by atomic mass is 9.90. The highest BCUT2D eigenvalue weighted by molar-refractivity contribution is 5.77. The molecule has 1 aromatic rings. The Kier molecular flexibility index (Phi) is 4.17. The lowest BCUT2D eigenvalue weighted by molar-refractivity contribution is 0.0954. The Morgan fingerprint density at radius 2 is 2.00 bits per heavy atom. The summed E-state index contributed by atoms with van der Waals surface area (Å²) in [5, 5.41) is 18.5. The summed E-state index contributed by atoms with van der Waals surface area (Å²) in [5.74, 6) is 0. The van der Waals surface area contributed by atoms with Crippen LogP contribution in [0.3, 0.4) is 0 Å². The van der Waals surface area contributed by atoms with Crippen molar-refractivity contribution in [2.24, 2.45) is 11.5 Å². The van der Waals surface area contributed by atoms with Crippen LogP contribution >= 0.6 is 0 Å². The van der Waals surface area contributed by atoms with Gasteiger partial charge in [0.05, 0.1) is 18.4 Å². The van der Waals surface area contributed by atoms with Gasteiger partial charge in [-0.2, -0.15) is 0 Å². The van der Waals surface area contributed by atoms with Gasteiger partial charge in [-0.05, 0) is 22.8 Å². The normalized spacial score (nSPS) is 19.1. The second-order valence-electron chi connectivity index (χ2n) is 5.01. The molecule has 0 spiro atoms. The highest BCUT2D eigenvalue weighted by Crippen LogP contribution is 2.26. The Morgan fingerprint density at radius 3 is 2.63 bits per heavy atom. The van der Waals surface area contributed by atoms with Crippen molar-refractivity contribution in [3.8, 4) is 0 Å². The highest BCUT2D eigenvalue weighted by atomic mass is 16.3. The van der Waals surface area contributed by atoms with Crippen LogP contribution in [0.5, 0.6) is 0 Å². The zero-order valence-electron chi connectivity index (χ0n) is 10.8. The molecule has 0 aliphatic heterocycles. The Hall–Kier alpha value is -1.46. The molecule has 102 valence electrons. The first-order chi connectivity index (χ1) is 9.02. The number of allylic oxidation sites excluding steroid dienone is 2. The molecule has 19 heavy (non-hydrogen) atoms. The summed E-state index contributed by atoms with van der Waals surface area (Å²) in [6, 6.07) is 7.82. The van der Waals surface area contributed by atoms with Crippen molar-refractivity contribution in [3.05, 3.63) is 53.6 Å². The van der Waals surface area contributed by atoms with Crippen LogP contribution in [0, 0.1) is 0 Å². The van der Waals surface area contributed by atoms with E-state index < -0.39 is 11.8 Å². The Balaban J connectivity index is 2.26. The highest BCUT2D eigenvalue weighted by Gasteiger charge is 2.18. The average Bonchev–Trinajstić information content (AvgIpc) is 2.39. The van der Waals surface area contributed by atoms with E-state index in [0.29, 0.717) is 12.8 Å². The van der Waals surface area contributed by atoms with Gasteiger partial charge in [-0.1, -0.05) is 36.4 Å².